The van der Waals surface area contributed by atoms with Crippen molar-refractivity contribution in [3.63, 3.8) is 0 Å². The molecule has 0 fully saturated rings. The van der Waals surface area contributed by atoms with Gasteiger partial charge in [-0.1, -0.05) is 30.3 Å². The van der Waals surface area contributed by atoms with E-state index < -0.39 is 0 Å². The van der Waals surface area contributed by atoms with Gasteiger partial charge in [0.2, 0.25) is 5.82 Å². The lowest BCUT2D eigenvalue weighted by atomic mass is 10.2. The van der Waals surface area contributed by atoms with Gasteiger partial charge in [0.15, 0.2) is 0 Å². The molecule has 0 aliphatic carbocycles. The van der Waals surface area contributed by atoms with Crippen LogP contribution in [-0.4, -0.2) is 27.3 Å². The molecule has 5 nitrogen and oxygen atoms in total. The Hall–Kier alpha value is -2.76. The van der Waals surface area contributed by atoms with Gasteiger partial charge in [-0.25, -0.2) is 4.39 Å². The summed E-state index contributed by atoms with van der Waals surface area (Å²) in [6, 6.07) is 13.9. The second-order valence-electron chi connectivity index (χ2n) is 4.47. The zero-order valence-electron chi connectivity index (χ0n) is 11.4. The number of rotatable bonds is 4. The molecule has 3 rings (SSSR count). The van der Waals surface area contributed by atoms with Crippen LogP contribution in [-0.2, 0) is 6.54 Å². The maximum atomic E-state index is 13.3. The summed E-state index contributed by atoms with van der Waals surface area (Å²) < 4.78 is 18.5. The molecule has 0 bridgehead atoms. The lowest BCUT2D eigenvalue weighted by Crippen LogP contribution is -2.06. The van der Waals surface area contributed by atoms with Gasteiger partial charge < -0.3 is 4.74 Å². The molecule has 1 aromatic heterocycles. The van der Waals surface area contributed by atoms with E-state index in [0.717, 1.165) is 5.56 Å². The van der Waals surface area contributed by atoms with Crippen molar-refractivity contribution in [3.05, 3.63) is 59.9 Å². The standard InChI is InChI=1S/C15H13FN4O/c1-21-14-8-7-13(16)9-12(14)10-20-18-15(17-19-20)11-5-3-2-4-6-11/h2-9H,10H2,1H3. The highest BCUT2D eigenvalue weighted by molar-refractivity contribution is 5.53. The monoisotopic (exact) mass is 284 g/mol. The summed E-state index contributed by atoms with van der Waals surface area (Å²) >= 11 is 0. The molecule has 0 spiro atoms. The molecule has 0 unspecified atom stereocenters. The van der Waals surface area contributed by atoms with E-state index in [1.807, 2.05) is 30.3 Å². The number of benzene rings is 2. The van der Waals surface area contributed by atoms with Crippen LogP contribution in [0.25, 0.3) is 11.4 Å². The fourth-order valence-corrected chi connectivity index (χ4v) is 2.04. The normalized spacial score (nSPS) is 10.6. The molecule has 3 aromatic rings. The van der Waals surface area contributed by atoms with Gasteiger partial charge in [-0.05, 0) is 23.4 Å². The van der Waals surface area contributed by atoms with Crippen LogP contribution >= 0.6 is 0 Å². The fraction of sp³-hybridized carbons (Fsp3) is 0.133. The zero-order chi connectivity index (χ0) is 14.7. The van der Waals surface area contributed by atoms with E-state index in [9.17, 15) is 4.39 Å². The van der Waals surface area contributed by atoms with Gasteiger partial charge in [0.25, 0.3) is 0 Å². The molecule has 0 aliphatic rings. The highest BCUT2D eigenvalue weighted by Gasteiger charge is 2.09. The SMILES string of the molecule is COc1ccc(F)cc1Cn1nnc(-c2ccccc2)n1. The third-order valence-corrected chi connectivity index (χ3v) is 3.04. The minimum Gasteiger partial charge on any atom is -0.496 e. The number of hydrogen-bond acceptors (Lipinski definition) is 4. The van der Waals surface area contributed by atoms with Gasteiger partial charge in [-0.15, -0.1) is 10.2 Å². The Bertz CT molecular complexity index is 742. The third-order valence-electron chi connectivity index (χ3n) is 3.04. The van der Waals surface area contributed by atoms with Crippen molar-refractivity contribution < 1.29 is 9.13 Å². The smallest absolute Gasteiger partial charge is 0.204 e. The summed E-state index contributed by atoms with van der Waals surface area (Å²) in [7, 11) is 1.54. The Balaban J connectivity index is 1.87. The van der Waals surface area contributed by atoms with Crippen LogP contribution < -0.4 is 4.74 Å². The molecule has 106 valence electrons. The maximum absolute atomic E-state index is 13.3. The Morgan fingerprint density at radius 3 is 2.71 bits per heavy atom. The Morgan fingerprint density at radius 1 is 1.14 bits per heavy atom. The number of halogens is 1. The van der Waals surface area contributed by atoms with Gasteiger partial charge >= 0.3 is 0 Å². The average molecular weight is 284 g/mol. The van der Waals surface area contributed by atoms with Crippen molar-refractivity contribution in [1.82, 2.24) is 20.2 Å². The van der Waals surface area contributed by atoms with Crippen LogP contribution in [0.3, 0.4) is 0 Å². The van der Waals surface area contributed by atoms with Crippen molar-refractivity contribution in [2.75, 3.05) is 7.11 Å². The van der Waals surface area contributed by atoms with Gasteiger partial charge in [0.05, 0.1) is 13.7 Å². The third kappa shape index (κ3) is 2.89. The molecule has 2 aromatic carbocycles. The second kappa shape index (κ2) is 5.70. The zero-order valence-corrected chi connectivity index (χ0v) is 11.4. The molecular weight excluding hydrogens is 271 g/mol. The highest BCUT2D eigenvalue weighted by Crippen LogP contribution is 2.20. The van der Waals surface area contributed by atoms with Gasteiger partial charge in [0, 0.05) is 11.1 Å². The molecule has 1 heterocycles. The molecule has 0 aliphatic heterocycles. The second-order valence-corrected chi connectivity index (χ2v) is 4.47. The summed E-state index contributed by atoms with van der Waals surface area (Å²) in [5, 5.41) is 12.3. The van der Waals surface area contributed by atoms with Crippen molar-refractivity contribution in [2.45, 2.75) is 6.54 Å². The summed E-state index contributed by atoms with van der Waals surface area (Å²) in [6.45, 7) is 0.292. The van der Waals surface area contributed by atoms with Crippen LogP contribution in [0.2, 0.25) is 0 Å². The first-order chi connectivity index (χ1) is 10.3. The maximum Gasteiger partial charge on any atom is 0.204 e. The minimum atomic E-state index is -0.325. The Kier molecular flexibility index (Phi) is 3.59. The molecule has 0 atom stereocenters. The van der Waals surface area contributed by atoms with E-state index in [4.69, 9.17) is 4.74 Å². The molecule has 0 radical (unpaired) electrons. The average Bonchev–Trinajstić information content (AvgIpc) is 2.97. The first-order valence-corrected chi connectivity index (χ1v) is 6.42. The molecular formula is C15H13FN4O. The molecule has 0 amide bonds. The predicted octanol–water partition coefficient (Wildman–Crippen LogP) is 2.54. The largest absolute Gasteiger partial charge is 0.496 e. The number of tetrazole rings is 1. The molecule has 21 heavy (non-hydrogen) atoms. The number of ether oxygens (including phenoxy) is 1. The number of methoxy groups -OCH3 is 1. The van der Waals surface area contributed by atoms with Crippen LogP contribution in [0.5, 0.6) is 5.75 Å². The number of nitrogens with zero attached hydrogens (tertiary/aromatic N) is 4. The van der Waals surface area contributed by atoms with Crippen LogP contribution in [0.1, 0.15) is 5.56 Å². The Morgan fingerprint density at radius 2 is 1.95 bits per heavy atom. The van der Waals surface area contributed by atoms with Crippen molar-refractivity contribution >= 4 is 0 Å². The Labute approximate surface area is 121 Å². The highest BCUT2D eigenvalue weighted by atomic mass is 19.1. The van der Waals surface area contributed by atoms with Gasteiger partial charge in [0.1, 0.15) is 11.6 Å². The van der Waals surface area contributed by atoms with Crippen molar-refractivity contribution in [1.29, 1.82) is 0 Å². The number of aromatic nitrogens is 4. The van der Waals surface area contributed by atoms with Crippen LogP contribution in [0.4, 0.5) is 4.39 Å². The first kappa shape index (κ1) is 13.2. The minimum absolute atomic E-state index is 0.292. The molecule has 6 heteroatoms. The molecule has 0 N–H and O–H groups in total. The molecule has 0 saturated heterocycles. The van der Waals surface area contributed by atoms with Gasteiger partial charge in [-0.2, -0.15) is 4.80 Å². The van der Waals surface area contributed by atoms with E-state index in [1.165, 1.54) is 16.9 Å². The fourth-order valence-electron chi connectivity index (χ4n) is 2.04. The summed E-state index contributed by atoms with van der Waals surface area (Å²) in [5.41, 5.74) is 1.55. The quantitative estimate of drug-likeness (QED) is 0.738. The lowest BCUT2D eigenvalue weighted by molar-refractivity contribution is 0.403. The van der Waals surface area contributed by atoms with Crippen LogP contribution in [0, 0.1) is 5.82 Å². The topological polar surface area (TPSA) is 52.8 Å². The van der Waals surface area contributed by atoms with Crippen molar-refractivity contribution in [2.24, 2.45) is 0 Å². The van der Waals surface area contributed by atoms with E-state index in [-0.39, 0.29) is 5.82 Å². The van der Waals surface area contributed by atoms with E-state index in [2.05, 4.69) is 15.4 Å². The predicted molar refractivity (Wildman–Crippen MR) is 75.3 cm³/mol. The van der Waals surface area contributed by atoms with E-state index in [1.54, 1.807) is 13.2 Å². The first-order valence-electron chi connectivity index (χ1n) is 6.42. The summed E-state index contributed by atoms with van der Waals surface area (Å²) in [6.07, 6.45) is 0. The lowest BCUT2D eigenvalue weighted by Gasteiger charge is -2.07. The number of hydrogen-bond donors (Lipinski definition) is 0. The summed E-state index contributed by atoms with van der Waals surface area (Å²) in [5.74, 6) is 0.801. The van der Waals surface area contributed by atoms with Crippen molar-refractivity contribution in [3.8, 4) is 17.1 Å². The van der Waals surface area contributed by atoms with Crippen LogP contribution in [0.15, 0.2) is 48.5 Å². The summed E-state index contributed by atoms with van der Waals surface area (Å²) in [4.78, 5) is 1.42. The van der Waals surface area contributed by atoms with Gasteiger partial charge in [-0.3, -0.25) is 0 Å². The van der Waals surface area contributed by atoms with E-state index in [0.29, 0.717) is 23.7 Å². The molecule has 0 saturated carbocycles. The van der Waals surface area contributed by atoms with E-state index >= 15 is 0 Å².